The topological polar surface area (TPSA) is 71.3 Å². The van der Waals surface area contributed by atoms with Crippen molar-refractivity contribution in [3.05, 3.63) is 125 Å². The number of aromatic nitrogens is 1. The monoisotopic (exact) mass is 564 g/mol. The third-order valence-corrected chi connectivity index (χ3v) is 8.10. The first kappa shape index (κ1) is 30.8. The van der Waals surface area contributed by atoms with Gasteiger partial charge in [0.2, 0.25) is 0 Å². The maximum Gasteiger partial charge on any atom is 0.303 e. The molecule has 0 aliphatic rings. The fraction of sp³-hybridized carbons (Fsp3) is 0.351. The minimum absolute atomic E-state index is 0.0146. The average molecular weight is 565 g/mol. The maximum atomic E-state index is 13.5. The van der Waals surface area contributed by atoms with Gasteiger partial charge in [-0.05, 0) is 99.2 Å². The van der Waals surface area contributed by atoms with Gasteiger partial charge in [0, 0.05) is 47.7 Å². The number of rotatable bonds is 17. The van der Waals surface area contributed by atoms with Crippen LogP contribution < -0.4 is 5.32 Å². The van der Waals surface area contributed by atoms with Gasteiger partial charge in [-0.2, -0.15) is 0 Å². The van der Waals surface area contributed by atoms with Crippen molar-refractivity contribution in [3.63, 3.8) is 0 Å². The number of nitrogens with zero attached hydrogens (tertiary/aromatic N) is 1. The van der Waals surface area contributed by atoms with Crippen LogP contribution in [0.15, 0.2) is 91.0 Å². The Labute approximate surface area is 250 Å². The molecule has 4 rings (SSSR count). The summed E-state index contributed by atoms with van der Waals surface area (Å²) >= 11 is 0. The van der Waals surface area contributed by atoms with Crippen molar-refractivity contribution in [2.75, 3.05) is 5.32 Å². The smallest absolute Gasteiger partial charge is 0.303 e. The van der Waals surface area contributed by atoms with Crippen LogP contribution in [0.4, 0.5) is 5.69 Å². The van der Waals surface area contributed by atoms with E-state index in [1.54, 1.807) is 0 Å². The average Bonchev–Trinajstić information content (AvgIpc) is 3.32. The molecule has 0 amide bonds. The highest BCUT2D eigenvalue weighted by atomic mass is 16.4. The molecule has 0 aliphatic heterocycles. The molecule has 1 aromatic heterocycles. The van der Waals surface area contributed by atoms with E-state index in [2.05, 4.69) is 77.5 Å². The van der Waals surface area contributed by atoms with Crippen LogP contribution in [-0.4, -0.2) is 27.5 Å². The third-order valence-electron chi connectivity index (χ3n) is 8.10. The van der Waals surface area contributed by atoms with Crippen LogP contribution in [0.1, 0.15) is 83.9 Å². The highest BCUT2D eigenvalue weighted by Crippen LogP contribution is 2.23. The lowest BCUT2D eigenvalue weighted by Gasteiger charge is -2.20. The first-order valence-electron chi connectivity index (χ1n) is 15.3. The zero-order valence-corrected chi connectivity index (χ0v) is 25.0. The Kier molecular flexibility index (Phi) is 11.6. The number of hydrogen-bond acceptors (Lipinski definition) is 3. The Hall–Kier alpha value is -4.12. The lowest BCUT2D eigenvalue weighted by molar-refractivity contribution is -0.137. The molecule has 5 nitrogen and oxygen atoms in total. The standard InChI is InChI=1S/C37H44N2O3/c1-3-35-34(27-33(39(35)2)21-12-22-36(40)41)37(42)30-23-25-32(26-24-30)38-31(19-10-17-28-13-6-4-7-14-28)20-11-18-29-15-8-5-9-16-29/h4-9,13-16,23-27,31,38H,3,10-12,17-22H2,1-2H3,(H,40,41). The van der Waals surface area contributed by atoms with Crippen molar-refractivity contribution in [1.82, 2.24) is 4.57 Å². The second-order valence-corrected chi connectivity index (χ2v) is 11.2. The molecule has 0 atom stereocenters. The van der Waals surface area contributed by atoms with Gasteiger partial charge in [-0.15, -0.1) is 0 Å². The predicted molar refractivity (Wildman–Crippen MR) is 171 cm³/mol. The highest BCUT2D eigenvalue weighted by Gasteiger charge is 2.19. The third kappa shape index (κ3) is 8.94. The van der Waals surface area contributed by atoms with E-state index in [9.17, 15) is 9.59 Å². The fourth-order valence-corrected chi connectivity index (χ4v) is 5.78. The molecular formula is C37H44N2O3. The van der Waals surface area contributed by atoms with Crippen molar-refractivity contribution < 1.29 is 14.7 Å². The van der Waals surface area contributed by atoms with E-state index in [1.807, 2.05) is 37.4 Å². The zero-order valence-electron chi connectivity index (χ0n) is 25.0. The molecule has 0 saturated heterocycles. The van der Waals surface area contributed by atoms with E-state index in [0.717, 1.165) is 62.0 Å². The van der Waals surface area contributed by atoms with Gasteiger partial charge in [-0.3, -0.25) is 9.59 Å². The number of carboxylic acid groups (broad SMARTS) is 1. The summed E-state index contributed by atoms with van der Waals surface area (Å²) in [5.41, 5.74) is 7.16. The van der Waals surface area contributed by atoms with E-state index in [4.69, 9.17) is 5.11 Å². The minimum Gasteiger partial charge on any atom is -0.481 e. The van der Waals surface area contributed by atoms with Crippen LogP contribution in [0.3, 0.4) is 0 Å². The highest BCUT2D eigenvalue weighted by molar-refractivity contribution is 6.10. The second kappa shape index (κ2) is 15.8. The van der Waals surface area contributed by atoms with Crippen LogP contribution >= 0.6 is 0 Å². The number of aliphatic carboxylic acids is 1. The molecule has 4 aromatic rings. The predicted octanol–water partition coefficient (Wildman–Crippen LogP) is 8.05. The number of carbonyl (C=O) groups is 2. The number of benzene rings is 3. The van der Waals surface area contributed by atoms with E-state index >= 15 is 0 Å². The van der Waals surface area contributed by atoms with E-state index in [-0.39, 0.29) is 12.2 Å². The molecule has 0 bridgehead atoms. The Bertz CT molecular complexity index is 1360. The van der Waals surface area contributed by atoms with Gasteiger partial charge < -0.3 is 15.0 Å². The molecule has 42 heavy (non-hydrogen) atoms. The lowest BCUT2D eigenvalue weighted by atomic mass is 9.98. The molecule has 0 radical (unpaired) electrons. The van der Waals surface area contributed by atoms with Crippen molar-refractivity contribution in [3.8, 4) is 0 Å². The van der Waals surface area contributed by atoms with Gasteiger partial charge in [-0.25, -0.2) is 0 Å². The SMILES string of the molecule is CCc1c(C(=O)c2ccc(NC(CCCc3ccccc3)CCCc3ccccc3)cc2)cc(CCCC(=O)O)n1C. The number of hydrogen-bond donors (Lipinski definition) is 2. The van der Waals surface area contributed by atoms with Crippen molar-refractivity contribution in [2.24, 2.45) is 7.05 Å². The van der Waals surface area contributed by atoms with Gasteiger partial charge in [0.05, 0.1) is 0 Å². The van der Waals surface area contributed by atoms with E-state index in [0.29, 0.717) is 30.0 Å². The van der Waals surface area contributed by atoms with Crippen LogP contribution in [0.25, 0.3) is 0 Å². The molecule has 0 fully saturated rings. The van der Waals surface area contributed by atoms with Gasteiger partial charge >= 0.3 is 5.97 Å². The molecule has 5 heteroatoms. The molecule has 0 saturated carbocycles. The van der Waals surface area contributed by atoms with Crippen LogP contribution in [0.5, 0.6) is 0 Å². The minimum atomic E-state index is -0.792. The number of nitrogens with one attached hydrogen (secondary N) is 1. The molecule has 1 heterocycles. The number of carboxylic acids is 1. The van der Waals surface area contributed by atoms with Crippen molar-refractivity contribution in [1.29, 1.82) is 0 Å². The van der Waals surface area contributed by atoms with Crippen molar-refractivity contribution >= 4 is 17.4 Å². The summed E-state index contributed by atoms with van der Waals surface area (Å²) in [5.74, 6) is -0.777. The first-order chi connectivity index (χ1) is 20.4. The summed E-state index contributed by atoms with van der Waals surface area (Å²) in [7, 11) is 1.97. The first-order valence-corrected chi connectivity index (χ1v) is 15.3. The summed E-state index contributed by atoms with van der Waals surface area (Å²) in [6, 6.07) is 31.5. The Balaban J connectivity index is 1.40. The lowest BCUT2D eigenvalue weighted by Crippen LogP contribution is -2.20. The van der Waals surface area contributed by atoms with Gasteiger partial charge in [0.1, 0.15) is 0 Å². The number of anilines is 1. The van der Waals surface area contributed by atoms with E-state index < -0.39 is 5.97 Å². The normalized spacial score (nSPS) is 11.1. The number of carbonyl (C=O) groups excluding carboxylic acids is 1. The van der Waals surface area contributed by atoms with Crippen LogP contribution in [0, 0.1) is 0 Å². The molecule has 220 valence electrons. The summed E-state index contributed by atoms with van der Waals surface area (Å²) in [5, 5.41) is 12.8. The van der Waals surface area contributed by atoms with Gasteiger partial charge in [0.25, 0.3) is 0 Å². The summed E-state index contributed by atoms with van der Waals surface area (Å²) in [6.45, 7) is 2.05. The Morgan fingerprint density at radius 2 is 1.36 bits per heavy atom. The van der Waals surface area contributed by atoms with Gasteiger partial charge in [-0.1, -0.05) is 67.6 Å². The largest absolute Gasteiger partial charge is 0.481 e. The van der Waals surface area contributed by atoms with Crippen LogP contribution in [0.2, 0.25) is 0 Å². The maximum absolute atomic E-state index is 13.5. The second-order valence-electron chi connectivity index (χ2n) is 11.2. The number of ketones is 1. The van der Waals surface area contributed by atoms with Gasteiger partial charge in [0.15, 0.2) is 5.78 Å². The molecule has 3 aromatic carbocycles. The fourth-order valence-electron chi connectivity index (χ4n) is 5.78. The molecule has 2 N–H and O–H groups in total. The summed E-state index contributed by atoms with van der Waals surface area (Å²) in [4.78, 5) is 24.5. The van der Waals surface area contributed by atoms with Crippen molar-refractivity contribution in [2.45, 2.75) is 77.2 Å². The molecule has 0 unspecified atom stereocenters. The molecule has 0 aliphatic carbocycles. The number of aryl methyl sites for hydroxylation is 3. The quantitative estimate of drug-likeness (QED) is 0.127. The van der Waals surface area contributed by atoms with E-state index in [1.165, 1.54) is 11.1 Å². The Morgan fingerprint density at radius 1 is 0.786 bits per heavy atom. The van der Waals surface area contributed by atoms with Crippen LogP contribution in [-0.2, 0) is 37.5 Å². The zero-order chi connectivity index (χ0) is 29.7. The molecular weight excluding hydrogens is 520 g/mol. The summed E-state index contributed by atoms with van der Waals surface area (Å²) in [6.07, 6.45) is 8.61. The summed E-state index contributed by atoms with van der Waals surface area (Å²) < 4.78 is 2.06. The Morgan fingerprint density at radius 3 is 1.88 bits per heavy atom. The molecule has 0 spiro atoms.